The zero-order valence-corrected chi connectivity index (χ0v) is 9.68. The minimum Gasteiger partial charge on any atom is -0.366 e. The van der Waals surface area contributed by atoms with Crippen molar-refractivity contribution in [2.75, 3.05) is 6.61 Å². The summed E-state index contributed by atoms with van der Waals surface area (Å²) in [5.41, 5.74) is 0.455. The maximum absolute atomic E-state index is 5.56. The number of rotatable bonds is 2. The van der Waals surface area contributed by atoms with Crippen LogP contribution >= 0.6 is 0 Å². The van der Waals surface area contributed by atoms with Gasteiger partial charge in [0.25, 0.3) is 0 Å². The Balaban J connectivity index is 2.29. The van der Waals surface area contributed by atoms with Gasteiger partial charge in [0.05, 0.1) is 6.10 Å². The summed E-state index contributed by atoms with van der Waals surface area (Å²) in [4.78, 5) is 0. The summed E-state index contributed by atoms with van der Waals surface area (Å²) in [7, 11) is 0. The molecule has 1 nitrogen and oxygen atoms in total. The molecule has 1 rings (SSSR count). The van der Waals surface area contributed by atoms with Gasteiger partial charge in [0, 0.05) is 0 Å². The molecule has 0 unspecified atom stereocenters. The first-order valence-corrected chi connectivity index (χ1v) is 5.59. The zero-order valence-electron chi connectivity index (χ0n) is 9.68. The third-order valence-corrected chi connectivity index (χ3v) is 3.30. The fraction of sp³-hybridized carbons (Fsp3) is 0.846. The van der Waals surface area contributed by atoms with Crippen molar-refractivity contribution in [2.24, 2.45) is 11.3 Å². The van der Waals surface area contributed by atoms with Gasteiger partial charge >= 0.3 is 0 Å². The highest BCUT2D eigenvalue weighted by molar-refractivity contribution is 4.85. The van der Waals surface area contributed by atoms with E-state index in [9.17, 15) is 0 Å². The van der Waals surface area contributed by atoms with E-state index in [2.05, 4.69) is 26.7 Å². The van der Waals surface area contributed by atoms with Gasteiger partial charge in [0.1, 0.15) is 6.61 Å². The van der Waals surface area contributed by atoms with E-state index in [1.807, 2.05) is 0 Å². The molecule has 0 spiro atoms. The molecule has 0 atom stereocenters. The van der Waals surface area contributed by atoms with E-state index >= 15 is 0 Å². The number of hydrogen-bond donors (Lipinski definition) is 0. The van der Waals surface area contributed by atoms with Gasteiger partial charge < -0.3 is 4.74 Å². The van der Waals surface area contributed by atoms with Gasteiger partial charge in [-0.3, -0.25) is 0 Å². The van der Waals surface area contributed by atoms with Crippen LogP contribution < -0.4 is 0 Å². The first-order chi connectivity index (χ1) is 6.54. The van der Waals surface area contributed by atoms with Crippen LogP contribution in [0.25, 0.3) is 0 Å². The summed E-state index contributed by atoms with van der Waals surface area (Å²) in [6.07, 6.45) is 10.5. The van der Waals surface area contributed by atoms with Crippen LogP contribution in [0.2, 0.25) is 0 Å². The molecule has 1 heteroatoms. The van der Waals surface area contributed by atoms with E-state index in [-0.39, 0.29) is 0 Å². The molecular weight excluding hydrogens is 172 g/mol. The van der Waals surface area contributed by atoms with Crippen LogP contribution in [0.1, 0.15) is 46.5 Å². The Kier molecular flexibility index (Phi) is 4.01. The van der Waals surface area contributed by atoms with Gasteiger partial charge in [-0.05, 0) is 37.0 Å². The van der Waals surface area contributed by atoms with Gasteiger partial charge in [-0.25, -0.2) is 0 Å². The molecule has 1 saturated carbocycles. The summed E-state index contributed by atoms with van der Waals surface area (Å²) in [6, 6.07) is 0. The standard InChI is InChI=1S/C13H22O/c1-5-10-14-12-8-6-11(7-9-12)13(2,3)4/h1,11-12H,6-10H2,2-4H3. The minimum atomic E-state index is 0.421. The van der Waals surface area contributed by atoms with Crippen LogP contribution in [0, 0.1) is 23.7 Å². The molecule has 0 saturated heterocycles. The molecule has 0 aromatic carbocycles. The molecule has 0 aromatic heterocycles. The van der Waals surface area contributed by atoms with Crippen molar-refractivity contribution < 1.29 is 4.74 Å². The van der Waals surface area contributed by atoms with Gasteiger partial charge in [0.2, 0.25) is 0 Å². The highest BCUT2D eigenvalue weighted by Crippen LogP contribution is 2.38. The molecular formula is C13H22O. The zero-order chi connectivity index (χ0) is 10.6. The van der Waals surface area contributed by atoms with Gasteiger partial charge in [-0.15, -0.1) is 6.42 Å². The number of hydrogen-bond acceptors (Lipinski definition) is 1. The lowest BCUT2D eigenvalue weighted by molar-refractivity contribution is 0.0199. The highest BCUT2D eigenvalue weighted by Gasteiger charge is 2.29. The number of terminal acetylenes is 1. The second-order valence-corrected chi connectivity index (χ2v) is 5.35. The average molecular weight is 194 g/mol. The van der Waals surface area contributed by atoms with Crippen LogP contribution in [-0.4, -0.2) is 12.7 Å². The Labute approximate surface area is 88.2 Å². The predicted molar refractivity (Wildman–Crippen MR) is 60.0 cm³/mol. The lowest BCUT2D eigenvalue weighted by Gasteiger charge is -2.36. The van der Waals surface area contributed by atoms with Crippen LogP contribution in [0.3, 0.4) is 0 Å². The van der Waals surface area contributed by atoms with E-state index < -0.39 is 0 Å². The van der Waals surface area contributed by atoms with Crippen LogP contribution in [0.4, 0.5) is 0 Å². The fourth-order valence-corrected chi connectivity index (χ4v) is 2.26. The van der Waals surface area contributed by atoms with Crippen molar-refractivity contribution in [1.29, 1.82) is 0 Å². The first-order valence-electron chi connectivity index (χ1n) is 5.59. The van der Waals surface area contributed by atoms with Crippen LogP contribution in [0.15, 0.2) is 0 Å². The van der Waals surface area contributed by atoms with E-state index in [4.69, 9.17) is 11.2 Å². The topological polar surface area (TPSA) is 9.23 Å². The molecule has 1 aliphatic carbocycles. The Morgan fingerprint density at radius 1 is 1.21 bits per heavy atom. The summed E-state index contributed by atoms with van der Waals surface area (Å²) >= 11 is 0. The summed E-state index contributed by atoms with van der Waals surface area (Å²) in [5, 5.41) is 0. The molecule has 0 bridgehead atoms. The lowest BCUT2D eigenvalue weighted by atomic mass is 9.72. The molecule has 0 aromatic rings. The second-order valence-electron chi connectivity index (χ2n) is 5.35. The lowest BCUT2D eigenvalue weighted by Crippen LogP contribution is -2.29. The maximum atomic E-state index is 5.56. The average Bonchev–Trinajstić information content (AvgIpc) is 2.14. The van der Waals surface area contributed by atoms with Gasteiger partial charge in [-0.2, -0.15) is 0 Å². The molecule has 0 aliphatic heterocycles. The SMILES string of the molecule is C#CCOC1CCC(C(C)(C)C)CC1. The molecule has 0 N–H and O–H groups in total. The monoisotopic (exact) mass is 194 g/mol. The number of ether oxygens (including phenoxy) is 1. The van der Waals surface area contributed by atoms with E-state index in [0.717, 1.165) is 5.92 Å². The third-order valence-electron chi connectivity index (χ3n) is 3.30. The predicted octanol–water partition coefficient (Wildman–Crippen LogP) is 3.24. The molecule has 1 aliphatic rings. The van der Waals surface area contributed by atoms with Crippen molar-refractivity contribution >= 4 is 0 Å². The highest BCUT2D eigenvalue weighted by atomic mass is 16.5. The summed E-state index contributed by atoms with van der Waals surface area (Å²) in [5.74, 6) is 3.39. The molecule has 80 valence electrons. The Morgan fingerprint density at radius 2 is 1.79 bits per heavy atom. The summed E-state index contributed by atoms with van der Waals surface area (Å²) < 4.78 is 5.56. The minimum absolute atomic E-state index is 0.421. The van der Waals surface area contributed by atoms with Crippen molar-refractivity contribution in [1.82, 2.24) is 0 Å². The quantitative estimate of drug-likeness (QED) is 0.613. The second kappa shape index (κ2) is 4.84. The first kappa shape index (κ1) is 11.6. The third kappa shape index (κ3) is 3.35. The normalized spacial score (nSPS) is 28.4. The van der Waals surface area contributed by atoms with Crippen molar-refractivity contribution in [3.05, 3.63) is 0 Å². The Morgan fingerprint density at radius 3 is 2.21 bits per heavy atom. The Bertz CT molecular complexity index is 198. The molecule has 0 heterocycles. The van der Waals surface area contributed by atoms with Gasteiger partial charge in [0.15, 0.2) is 0 Å². The van der Waals surface area contributed by atoms with E-state index in [1.165, 1.54) is 25.7 Å². The van der Waals surface area contributed by atoms with Crippen molar-refractivity contribution in [3.8, 4) is 12.3 Å². The maximum Gasteiger partial charge on any atom is 0.107 e. The van der Waals surface area contributed by atoms with Crippen molar-refractivity contribution in [2.45, 2.75) is 52.6 Å². The smallest absolute Gasteiger partial charge is 0.107 e. The fourth-order valence-electron chi connectivity index (χ4n) is 2.26. The van der Waals surface area contributed by atoms with E-state index in [0.29, 0.717) is 18.1 Å². The largest absolute Gasteiger partial charge is 0.366 e. The summed E-state index contributed by atoms with van der Waals surface area (Å²) in [6.45, 7) is 7.48. The molecule has 1 fully saturated rings. The van der Waals surface area contributed by atoms with Crippen LogP contribution in [-0.2, 0) is 4.74 Å². The van der Waals surface area contributed by atoms with Gasteiger partial charge in [-0.1, -0.05) is 26.7 Å². The molecule has 0 radical (unpaired) electrons. The van der Waals surface area contributed by atoms with Crippen LogP contribution in [0.5, 0.6) is 0 Å². The van der Waals surface area contributed by atoms with E-state index in [1.54, 1.807) is 0 Å². The Hall–Kier alpha value is -0.480. The van der Waals surface area contributed by atoms with Crippen molar-refractivity contribution in [3.63, 3.8) is 0 Å². The molecule has 14 heavy (non-hydrogen) atoms. The molecule has 0 amide bonds.